The van der Waals surface area contributed by atoms with Crippen molar-refractivity contribution in [2.24, 2.45) is 0 Å². The zero-order chi connectivity index (χ0) is 33.5. The zero-order valence-electron chi connectivity index (χ0n) is 27.2. The molecule has 11 rings (SSSR count). The molecule has 0 spiro atoms. The largest absolute Gasteiger partial charge is 0.456 e. The predicted octanol–water partition coefficient (Wildman–Crippen LogP) is 12.6. The number of benzene rings is 6. The van der Waals surface area contributed by atoms with Gasteiger partial charge in [-0.3, -0.25) is 4.57 Å². The molecule has 0 atom stereocenters. The molecule has 7 aromatic carbocycles. The fourth-order valence-corrected chi connectivity index (χ4v) is 7.67. The molecular weight excluding hydrogens is 625 g/mol. The van der Waals surface area contributed by atoms with Crippen molar-refractivity contribution in [3.63, 3.8) is 0 Å². The molecule has 0 N–H and O–H groups in total. The summed E-state index contributed by atoms with van der Waals surface area (Å²) in [7, 11) is 0. The first-order chi connectivity index (χ1) is 25.2. The molecule has 0 aliphatic carbocycles. The standard InChI is InChI=1S/C47H26N2O2/c1-3-15-42-36(12-1)38-14-7-23-48-47(38)49(42)35-19-22-46-41(28-35)40-27-34(18-21-45(40)51-46)32-11-6-9-30(25-32)29-8-5-10-31(24-29)33-17-20-44-39(26-33)37-13-2-4-16-43(37)50-44/h2-11,13-28H. The summed E-state index contributed by atoms with van der Waals surface area (Å²) in [5, 5.41) is 6.48. The van der Waals surface area contributed by atoms with Crippen molar-refractivity contribution in [3.05, 3.63) is 170 Å². The lowest BCUT2D eigenvalue weighted by Crippen LogP contribution is -1.94. The number of hydrogen-bond acceptors (Lipinski definition) is 3. The van der Waals surface area contributed by atoms with Gasteiger partial charge in [0.1, 0.15) is 28.0 Å². The average Bonchev–Trinajstić information content (AvgIpc) is 3.86. The van der Waals surface area contributed by atoms with Gasteiger partial charge in [-0.15, -0.1) is 0 Å². The number of rotatable bonds is 4. The highest BCUT2D eigenvalue weighted by Gasteiger charge is 2.16. The van der Waals surface area contributed by atoms with Crippen LogP contribution in [-0.4, -0.2) is 9.55 Å². The van der Waals surface area contributed by atoms with Crippen LogP contribution in [0.3, 0.4) is 0 Å². The number of fused-ring (bicyclic) bond motifs is 9. The van der Waals surface area contributed by atoms with Crippen LogP contribution >= 0.6 is 0 Å². The molecule has 11 aromatic rings. The topological polar surface area (TPSA) is 44.1 Å². The van der Waals surface area contributed by atoms with E-state index in [2.05, 4.69) is 144 Å². The van der Waals surface area contributed by atoms with Crippen LogP contribution in [0.4, 0.5) is 0 Å². The fraction of sp³-hybridized carbons (Fsp3) is 0. The first-order valence-corrected chi connectivity index (χ1v) is 17.0. The fourth-order valence-electron chi connectivity index (χ4n) is 7.67. The molecule has 4 heteroatoms. The molecule has 0 aliphatic rings. The van der Waals surface area contributed by atoms with Crippen LogP contribution < -0.4 is 0 Å². The van der Waals surface area contributed by atoms with E-state index in [1.54, 1.807) is 0 Å². The van der Waals surface area contributed by atoms with Crippen molar-refractivity contribution in [1.29, 1.82) is 0 Å². The number of pyridine rings is 1. The molecule has 51 heavy (non-hydrogen) atoms. The van der Waals surface area contributed by atoms with Gasteiger partial charge in [0.05, 0.1) is 10.9 Å². The van der Waals surface area contributed by atoms with Gasteiger partial charge in [0.25, 0.3) is 0 Å². The molecule has 0 saturated heterocycles. The molecule has 0 bridgehead atoms. The normalized spacial score (nSPS) is 11.8. The minimum absolute atomic E-state index is 0.853. The Morgan fingerprint density at radius 1 is 0.451 bits per heavy atom. The Morgan fingerprint density at radius 2 is 1.02 bits per heavy atom. The third kappa shape index (κ3) is 4.32. The summed E-state index contributed by atoms with van der Waals surface area (Å²) in [6.45, 7) is 0. The van der Waals surface area contributed by atoms with Crippen LogP contribution in [0.1, 0.15) is 0 Å². The van der Waals surface area contributed by atoms with E-state index in [0.717, 1.165) is 93.8 Å². The SMILES string of the molecule is c1ccc2c(c#1)c1cccnc1n2-c1ccc2oc3ccc(-c4cccc(-c5cccc(-c6ccc7oc8ccccc8c7c6)c5)c4)cc3c2c1. The van der Waals surface area contributed by atoms with Gasteiger partial charge in [-0.2, -0.15) is 0 Å². The van der Waals surface area contributed by atoms with Crippen molar-refractivity contribution in [3.8, 4) is 39.1 Å². The molecule has 236 valence electrons. The van der Waals surface area contributed by atoms with E-state index in [0.29, 0.717) is 0 Å². The van der Waals surface area contributed by atoms with Gasteiger partial charge in [-0.1, -0.05) is 78.9 Å². The second kappa shape index (κ2) is 10.7. The highest BCUT2D eigenvalue weighted by molar-refractivity contribution is 6.10. The van der Waals surface area contributed by atoms with Crippen LogP contribution in [0, 0.1) is 12.1 Å². The van der Waals surface area contributed by atoms with E-state index in [4.69, 9.17) is 13.8 Å². The number of nitrogens with zero attached hydrogens (tertiary/aromatic N) is 2. The highest BCUT2D eigenvalue weighted by atomic mass is 16.3. The quantitative estimate of drug-likeness (QED) is 0.190. The van der Waals surface area contributed by atoms with Crippen molar-refractivity contribution in [2.45, 2.75) is 0 Å². The Morgan fingerprint density at radius 3 is 1.73 bits per heavy atom. The molecular formula is C47H26N2O2. The summed E-state index contributed by atoms with van der Waals surface area (Å²) in [5.74, 6) is 0. The predicted molar refractivity (Wildman–Crippen MR) is 207 cm³/mol. The Hall–Kier alpha value is -7.09. The third-order valence-corrected chi connectivity index (χ3v) is 10.1. The summed E-state index contributed by atoms with van der Waals surface area (Å²) in [5.41, 5.74) is 13.4. The maximum absolute atomic E-state index is 6.34. The minimum Gasteiger partial charge on any atom is -0.456 e. The second-order valence-corrected chi connectivity index (χ2v) is 13.0. The lowest BCUT2D eigenvalue weighted by molar-refractivity contribution is 0.668. The first-order valence-electron chi connectivity index (χ1n) is 17.0. The second-order valence-electron chi connectivity index (χ2n) is 13.0. The van der Waals surface area contributed by atoms with E-state index >= 15 is 0 Å². The van der Waals surface area contributed by atoms with Crippen LogP contribution in [-0.2, 0) is 0 Å². The van der Waals surface area contributed by atoms with Crippen LogP contribution in [0.25, 0.3) is 105 Å². The van der Waals surface area contributed by atoms with Crippen molar-refractivity contribution >= 4 is 65.8 Å². The molecule has 0 saturated carbocycles. The van der Waals surface area contributed by atoms with Gasteiger partial charge < -0.3 is 8.83 Å². The van der Waals surface area contributed by atoms with Gasteiger partial charge in [0, 0.05) is 38.8 Å². The molecule has 0 aliphatic heterocycles. The summed E-state index contributed by atoms with van der Waals surface area (Å²) in [4.78, 5) is 4.76. The van der Waals surface area contributed by atoms with E-state index < -0.39 is 0 Å². The van der Waals surface area contributed by atoms with Crippen LogP contribution in [0.5, 0.6) is 0 Å². The maximum atomic E-state index is 6.34. The van der Waals surface area contributed by atoms with Crippen molar-refractivity contribution in [2.75, 3.05) is 0 Å². The average molecular weight is 651 g/mol. The van der Waals surface area contributed by atoms with Crippen LogP contribution in [0.15, 0.2) is 167 Å². The van der Waals surface area contributed by atoms with Gasteiger partial charge in [-0.25, -0.2) is 4.98 Å². The molecule has 4 aromatic heterocycles. The zero-order valence-corrected chi connectivity index (χ0v) is 27.2. The Bertz CT molecular complexity index is 3110. The Labute approximate surface area is 292 Å². The Balaban J connectivity index is 0.989. The summed E-state index contributed by atoms with van der Waals surface area (Å²) >= 11 is 0. The Kier molecular flexibility index (Phi) is 5.84. The van der Waals surface area contributed by atoms with E-state index in [1.807, 2.05) is 30.5 Å². The van der Waals surface area contributed by atoms with Crippen molar-refractivity contribution in [1.82, 2.24) is 9.55 Å². The van der Waals surface area contributed by atoms with E-state index in [9.17, 15) is 0 Å². The van der Waals surface area contributed by atoms with E-state index in [-0.39, 0.29) is 0 Å². The molecule has 4 nitrogen and oxygen atoms in total. The molecule has 0 amide bonds. The van der Waals surface area contributed by atoms with Gasteiger partial charge >= 0.3 is 0 Å². The number of hydrogen-bond donors (Lipinski definition) is 0. The van der Waals surface area contributed by atoms with Crippen molar-refractivity contribution < 1.29 is 8.83 Å². The smallest absolute Gasteiger partial charge is 0.146 e. The van der Waals surface area contributed by atoms with Gasteiger partial charge in [0.15, 0.2) is 0 Å². The maximum Gasteiger partial charge on any atom is 0.146 e. The summed E-state index contributed by atoms with van der Waals surface area (Å²) in [6.07, 6.45) is 1.84. The summed E-state index contributed by atoms with van der Waals surface area (Å²) < 4.78 is 14.6. The number of para-hydroxylation sites is 1. The molecule has 4 heterocycles. The molecule has 0 unspecified atom stereocenters. The summed E-state index contributed by atoms with van der Waals surface area (Å²) in [6, 6.07) is 59.5. The first kappa shape index (κ1) is 27.8. The molecule has 0 radical (unpaired) electrons. The lowest BCUT2D eigenvalue weighted by Gasteiger charge is -2.09. The van der Waals surface area contributed by atoms with E-state index in [1.165, 1.54) is 11.1 Å². The number of furan rings is 2. The van der Waals surface area contributed by atoms with Crippen LogP contribution in [0.2, 0.25) is 0 Å². The third-order valence-electron chi connectivity index (χ3n) is 10.1. The highest BCUT2D eigenvalue weighted by Crippen LogP contribution is 2.38. The minimum atomic E-state index is 0.853. The molecule has 0 fully saturated rings. The number of aromatic nitrogens is 2. The van der Waals surface area contributed by atoms with Gasteiger partial charge in [-0.05, 0) is 118 Å². The van der Waals surface area contributed by atoms with Gasteiger partial charge in [0.2, 0.25) is 0 Å². The monoisotopic (exact) mass is 650 g/mol. The lowest BCUT2D eigenvalue weighted by atomic mass is 9.95.